The Morgan fingerprint density at radius 1 is 1.18 bits per heavy atom. The number of aliphatic carboxylic acids is 1. The lowest BCUT2D eigenvalue weighted by atomic mass is 10.1. The summed E-state index contributed by atoms with van der Waals surface area (Å²) >= 11 is 6.13. The number of imidazole rings is 1. The van der Waals surface area contributed by atoms with Crippen molar-refractivity contribution >= 4 is 28.7 Å². The number of rotatable bonds is 6. The van der Waals surface area contributed by atoms with Crippen LogP contribution in [0, 0.1) is 11.8 Å². The summed E-state index contributed by atoms with van der Waals surface area (Å²) in [6.07, 6.45) is 0.436. The highest BCUT2D eigenvalue weighted by Crippen LogP contribution is 2.16. The van der Waals surface area contributed by atoms with Crippen LogP contribution in [-0.4, -0.2) is 29.8 Å². The first kappa shape index (κ1) is 19.5. The van der Waals surface area contributed by atoms with Crippen LogP contribution < -0.4 is 11.2 Å². The predicted molar refractivity (Wildman–Crippen MR) is 104 cm³/mol. The number of benzene rings is 1. The van der Waals surface area contributed by atoms with Crippen LogP contribution in [0.25, 0.3) is 11.2 Å². The van der Waals surface area contributed by atoms with Crippen molar-refractivity contribution in [2.45, 2.75) is 33.0 Å². The molecule has 1 N–H and O–H groups in total. The summed E-state index contributed by atoms with van der Waals surface area (Å²) in [6, 6.07) is 9.37. The summed E-state index contributed by atoms with van der Waals surface area (Å²) in [5, 5.41) is 9.17. The van der Waals surface area contributed by atoms with Gasteiger partial charge < -0.3 is 5.11 Å². The van der Waals surface area contributed by atoms with E-state index in [0.29, 0.717) is 6.42 Å². The molecule has 0 fully saturated rings. The van der Waals surface area contributed by atoms with Gasteiger partial charge in [0.1, 0.15) is 6.54 Å². The smallest absolute Gasteiger partial charge is 0.333 e. The van der Waals surface area contributed by atoms with Gasteiger partial charge in [0.2, 0.25) is 5.28 Å². The molecule has 0 spiro atoms. The number of carboxylic acids is 1. The zero-order valence-corrected chi connectivity index (χ0v) is 15.8. The summed E-state index contributed by atoms with van der Waals surface area (Å²) in [6.45, 7) is 1.21. The van der Waals surface area contributed by atoms with Crippen LogP contribution in [0.5, 0.6) is 0 Å². The highest BCUT2D eigenvalue weighted by Gasteiger charge is 2.21. The maximum Gasteiger partial charge on any atom is 0.333 e. The van der Waals surface area contributed by atoms with Gasteiger partial charge in [-0.15, -0.1) is 5.92 Å². The zero-order valence-electron chi connectivity index (χ0n) is 15.1. The molecule has 144 valence electrons. The van der Waals surface area contributed by atoms with Crippen LogP contribution >= 0.6 is 11.6 Å². The van der Waals surface area contributed by atoms with Crippen molar-refractivity contribution in [3.63, 3.8) is 0 Å². The van der Waals surface area contributed by atoms with Gasteiger partial charge >= 0.3 is 11.7 Å². The van der Waals surface area contributed by atoms with Gasteiger partial charge in [-0.3, -0.25) is 23.3 Å². The molecule has 28 heavy (non-hydrogen) atoms. The summed E-state index contributed by atoms with van der Waals surface area (Å²) in [5.74, 6) is 4.28. The Kier molecular flexibility index (Phi) is 5.66. The Hall–Kier alpha value is -3.31. The second-order valence-electron chi connectivity index (χ2n) is 6.02. The molecule has 1 aromatic carbocycles. The lowest BCUT2D eigenvalue weighted by Gasteiger charge is -2.11. The third-order valence-corrected chi connectivity index (χ3v) is 4.53. The fourth-order valence-electron chi connectivity index (χ4n) is 2.93. The molecule has 0 aliphatic rings. The van der Waals surface area contributed by atoms with Gasteiger partial charge in [-0.25, -0.2) is 4.79 Å². The Morgan fingerprint density at radius 3 is 2.54 bits per heavy atom. The van der Waals surface area contributed by atoms with E-state index in [1.807, 2.05) is 30.3 Å². The van der Waals surface area contributed by atoms with Crippen molar-refractivity contribution in [1.29, 1.82) is 0 Å². The van der Waals surface area contributed by atoms with Crippen molar-refractivity contribution in [2.75, 3.05) is 0 Å². The van der Waals surface area contributed by atoms with Crippen molar-refractivity contribution < 1.29 is 9.90 Å². The molecule has 0 atom stereocenters. The van der Waals surface area contributed by atoms with Crippen LogP contribution in [0.3, 0.4) is 0 Å². The normalized spacial score (nSPS) is 10.6. The van der Waals surface area contributed by atoms with Gasteiger partial charge in [-0.1, -0.05) is 36.3 Å². The Labute approximate surface area is 164 Å². The van der Waals surface area contributed by atoms with Gasteiger partial charge in [0.25, 0.3) is 5.56 Å². The number of carboxylic acid groups (broad SMARTS) is 1. The van der Waals surface area contributed by atoms with E-state index in [0.717, 1.165) is 14.7 Å². The molecule has 0 radical (unpaired) electrons. The third kappa shape index (κ3) is 3.70. The van der Waals surface area contributed by atoms with Crippen molar-refractivity contribution in [3.05, 3.63) is 62.0 Å². The molecule has 0 saturated carbocycles. The fraction of sp³-hybridized carbons (Fsp3) is 0.263. The standard InChI is InChI=1S/C19H17ClN4O4/c1-2-3-10-22-15-16(21-18(22)20)24(12-14(25)26)19(28)23(17(15)27)11-9-13-7-5-4-6-8-13/h4-8H,9-12H2,1H3,(H,25,26). The van der Waals surface area contributed by atoms with Gasteiger partial charge in [0.05, 0.1) is 6.54 Å². The van der Waals surface area contributed by atoms with E-state index in [1.165, 1.54) is 4.57 Å². The highest BCUT2D eigenvalue weighted by atomic mass is 35.5. The lowest BCUT2D eigenvalue weighted by molar-refractivity contribution is -0.137. The number of halogens is 1. The molecular weight excluding hydrogens is 384 g/mol. The van der Waals surface area contributed by atoms with Crippen LogP contribution in [0.15, 0.2) is 39.9 Å². The first-order valence-electron chi connectivity index (χ1n) is 8.48. The summed E-state index contributed by atoms with van der Waals surface area (Å²) in [4.78, 5) is 41.2. The minimum Gasteiger partial charge on any atom is -0.480 e. The van der Waals surface area contributed by atoms with Crippen LogP contribution in [0.1, 0.15) is 12.5 Å². The number of fused-ring (bicyclic) bond motifs is 1. The molecule has 0 aliphatic heterocycles. The topological polar surface area (TPSA) is 99.1 Å². The van der Waals surface area contributed by atoms with Gasteiger partial charge in [0, 0.05) is 6.54 Å². The molecular formula is C19H17ClN4O4. The van der Waals surface area contributed by atoms with Crippen molar-refractivity contribution in [1.82, 2.24) is 18.7 Å². The second-order valence-corrected chi connectivity index (χ2v) is 6.36. The first-order valence-corrected chi connectivity index (χ1v) is 8.86. The average molecular weight is 401 g/mol. The van der Waals surface area contributed by atoms with E-state index >= 15 is 0 Å². The van der Waals surface area contributed by atoms with E-state index in [-0.39, 0.29) is 29.5 Å². The molecule has 9 heteroatoms. The number of aryl methyl sites for hydroxylation is 1. The molecule has 3 aromatic rings. The highest BCUT2D eigenvalue weighted by molar-refractivity contribution is 6.29. The predicted octanol–water partition coefficient (Wildman–Crippen LogP) is 1.36. The molecule has 8 nitrogen and oxygen atoms in total. The van der Waals surface area contributed by atoms with Crippen LogP contribution in [0.4, 0.5) is 0 Å². The maximum absolute atomic E-state index is 13.0. The largest absolute Gasteiger partial charge is 0.480 e. The second kappa shape index (κ2) is 8.15. The summed E-state index contributed by atoms with van der Waals surface area (Å²) in [5.41, 5.74) is -0.367. The lowest BCUT2D eigenvalue weighted by Crippen LogP contribution is -2.42. The Bertz CT molecular complexity index is 1210. The van der Waals surface area contributed by atoms with Crippen LogP contribution in [-0.2, 0) is 30.8 Å². The number of hydrogen-bond acceptors (Lipinski definition) is 4. The Morgan fingerprint density at radius 2 is 1.89 bits per heavy atom. The van der Waals surface area contributed by atoms with Gasteiger partial charge in [0.15, 0.2) is 11.2 Å². The molecule has 3 rings (SSSR count). The van der Waals surface area contributed by atoms with E-state index in [1.54, 1.807) is 6.92 Å². The molecule has 0 amide bonds. The molecule has 0 saturated heterocycles. The average Bonchev–Trinajstić information content (AvgIpc) is 3.00. The number of hydrogen-bond donors (Lipinski definition) is 1. The van der Waals surface area contributed by atoms with E-state index in [4.69, 9.17) is 11.6 Å². The van der Waals surface area contributed by atoms with E-state index in [9.17, 15) is 19.5 Å². The quantitative estimate of drug-likeness (QED) is 0.497. The molecule has 0 bridgehead atoms. The van der Waals surface area contributed by atoms with Crippen molar-refractivity contribution in [2.24, 2.45) is 0 Å². The SMILES string of the molecule is CC#CCn1c(Cl)nc2c1c(=O)n(CCc1ccccc1)c(=O)n2CC(=O)O. The Balaban J connectivity index is 2.21. The van der Waals surface area contributed by atoms with Gasteiger partial charge in [-0.05, 0) is 30.5 Å². The monoisotopic (exact) mass is 400 g/mol. The van der Waals surface area contributed by atoms with E-state index in [2.05, 4.69) is 16.8 Å². The molecule has 2 aromatic heterocycles. The number of carbonyl (C=O) groups is 1. The third-order valence-electron chi connectivity index (χ3n) is 4.24. The van der Waals surface area contributed by atoms with Crippen molar-refractivity contribution in [3.8, 4) is 11.8 Å². The number of aromatic nitrogens is 4. The van der Waals surface area contributed by atoms with Crippen LogP contribution in [0.2, 0.25) is 5.28 Å². The summed E-state index contributed by atoms with van der Waals surface area (Å²) in [7, 11) is 0. The van der Waals surface area contributed by atoms with E-state index < -0.39 is 23.8 Å². The van der Waals surface area contributed by atoms with Gasteiger partial charge in [-0.2, -0.15) is 4.98 Å². The minimum atomic E-state index is -1.23. The molecule has 0 aliphatic carbocycles. The zero-order chi connectivity index (χ0) is 20.3. The first-order chi connectivity index (χ1) is 13.4. The summed E-state index contributed by atoms with van der Waals surface area (Å²) < 4.78 is 3.35. The fourth-order valence-corrected chi connectivity index (χ4v) is 3.15. The molecule has 0 unspecified atom stereocenters. The number of nitrogens with zero attached hydrogens (tertiary/aromatic N) is 4. The minimum absolute atomic E-state index is 0.0331. The molecule has 2 heterocycles. The maximum atomic E-state index is 13.0.